The molecule has 2 saturated carbocycles. The van der Waals surface area contributed by atoms with Crippen LogP contribution in [-0.2, 0) is 47.6 Å². The van der Waals surface area contributed by atoms with E-state index in [1.165, 1.54) is 26.0 Å². The largest absolute Gasteiger partial charge is 0.455 e. The van der Waals surface area contributed by atoms with Crippen LogP contribution in [-0.4, -0.2) is 161 Å². The number of carbonyl (C=O) groups is 6. The van der Waals surface area contributed by atoms with Crippen molar-refractivity contribution >= 4 is 35.8 Å². The lowest BCUT2D eigenvalue weighted by atomic mass is 9.44. The Morgan fingerprint density at radius 3 is 2.12 bits per heavy atom. The Balaban J connectivity index is 1.36. The number of ketones is 1. The number of piperazine rings is 1. The Morgan fingerprint density at radius 2 is 1.54 bits per heavy atom. The van der Waals surface area contributed by atoms with Crippen molar-refractivity contribution in [2.45, 2.75) is 128 Å². The lowest BCUT2D eigenvalue weighted by Gasteiger charge is -2.67. The second kappa shape index (κ2) is 18.9. The summed E-state index contributed by atoms with van der Waals surface area (Å²) in [4.78, 5) is 89.1. The van der Waals surface area contributed by atoms with Crippen molar-refractivity contribution in [2.75, 3.05) is 46.4 Å². The molecule has 5 aliphatic rings. The van der Waals surface area contributed by atoms with Gasteiger partial charge < -0.3 is 54.0 Å². The standard InChI is InChI=1S/C50H65N3O15/c1-28-32(64-44(60)39(65-35(56)26-53-22-20-52(9)21-23-53)37(30-16-12-10-13-17-30)51-45(61)68-46(3,4)5)25-50(62)42(66-43(59)31-18-14-11-15-19-31)40-48(8,41(58)38(57)36(28)47(50,6)7)33(55)24-34-49(40,27-63-34)67-29(2)54/h10-19,32-34,37-40,42,55,57,62H,20-27H2,1-9H3,(H,51,61)/t32-,33-,34+,37-,38+,39+,40?,42-,48+,49-,50+/m0/s1. The molecule has 11 atom stereocenters. The van der Waals surface area contributed by atoms with Gasteiger partial charge in [-0.1, -0.05) is 62.4 Å². The van der Waals surface area contributed by atoms with Crippen LogP contribution in [0.15, 0.2) is 71.8 Å². The summed E-state index contributed by atoms with van der Waals surface area (Å²) < 4.78 is 36.3. The average Bonchev–Trinajstić information content (AvgIpc) is 3.26. The predicted octanol–water partition coefficient (Wildman–Crippen LogP) is 3.06. The van der Waals surface area contributed by atoms with Gasteiger partial charge in [0.1, 0.15) is 41.7 Å². The normalized spacial score (nSPS) is 32.3. The first-order chi connectivity index (χ1) is 31.8. The van der Waals surface area contributed by atoms with Gasteiger partial charge >= 0.3 is 30.0 Å². The molecule has 2 aliphatic heterocycles. The van der Waals surface area contributed by atoms with Crippen LogP contribution in [0.2, 0.25) is 0 Å². The molecule has 2 bridgehead atoms. The van der Waals surface area contributed by atoms with Crippen LogP contribution < -0.4 is 5.32 Å². The van der Waals surface area contributed by atoms with E-state index >= 15 is 9.59 Å². The highest BCUT2D eigenvalue weighted by Gasteiger charge is 2.78. The van der Waals surface area contributed by atoms with Gasteiger partial charge in [-0.3, -0.25) is 19.3 Å². The number of nitrogens with one attached hydrogen (secondary N) is 1. The van der Waals surface area contributed by atoms with Crippen LogP contribution in [0.1, 0.15) is 90.2 Å². The van der Waals surface area contributed by atoms with E-state index in [2.05, 4.69) is 10.2 Å². The van der Waals surface area contributed by atoms with E-state index in [0.29, 0.717) is 31.7 Å². The number of alkyl carbamates (subject to hydrolysis) is 1. The van der Waals surface area contributed by atoms with Gasteiger partial charge in [-0.05, 0) is 70.5 Å². The molecule has 18 heteroatoms. The van der Waals surface area contributed by atoms with Gasteiger partial charge in [0.2, 0.25) is 6.10 Å². The van der Waals surface area contributed by atoms with Crippen LogP contribution in [0.5, 0.6) is 0 Å². The average molecular weight is 948 g/mol. The minimum Gasteiger partial charge on any atom is -0.455 e. The maximum Gasteiger partial charge on any atom is 0.408 e. The Kier molecular flexibility index (Phi) is 14.1. The van der Waals surface area contributed by atoms with Gasteiger partial charge in [-0.15, -0.1) is 0 Å². The number of likely N-dealkylation sites (N-methyl/N-ethyl adjacent to an activating group) is 1. The van der Waals surface area contributed by atoms with Crippen molar-refractivity contribution in [1.29, 1.82) is 0 Å². The second-order valence-electron chi connectivity index (χ2n) is 20.6. The number of aliphatic hydroxyl groups is 3. The molecule has 18 nitrogen and oxygen atoms in total. The van der Waals surface area contributed by atoms with Crippen molar-refractivity contribution in [1.82, 2.24) is 15.1 Å². The number of aliphatic hydroxyl groups excluding tert-OH is 2. The number of ether oxygens (including phenoxy) is 6. The van der Waals surface area contributed by atoms with Crippen LogP contribution in [0.3, 0.4) is 0 Å². The number of rotatable bonds is 11. The summed E-state index contributed by atoms with van der Waals surface area (Å²) >= 11 is 0. The SMILES string of the molecule is CC(=O)O[C@@]12CO[C@@H]1C[C@H](O)[C@@]1(C)C(=O)[C@H](O)C3=C(C)[C@@H](OC(=O)[C@H](OC(=O)CN4CCN(C)CC4)[C@@H](NC(=O)OC(C)(C)C)c4ccccc4)C[C@@](O)([C@@H](OC(=O)c4ccccc4)C12)C3(C)C. The Bertz CT molecular complexity index is 2290. The highest BCUT2D eigenvalue weighted by molar-refractivity contribution is 5.94. The van der Waals surface area contributed by atoms with Crippen LogP contribution in [0.4, 0.5) is 4.79 Å². The number of Topliss-reactive ketones (excluding diaryl/α,β-unsaturated/α-hetero) is 1. The number of esters is 4. The van der Waals surface area contributed by atoms with Crippen molar-refractivity contribution in [2.24, 2.45) is 16.7 Å². The molecule has 0 aromatic heterocycles. The van der Waals surface area contributed by atoms with E-state index < -0.39 is 118 Å². The fraction of sp³-hybridized carbons (Fsp3) is 0.600. The first-order valence-electron chi connectivity index (χ1n) is 23.1. The molecular weight excluding hydrogens is 883 g/mol. The molecule has 2 aromatic carbocycles. The molecule has 2 aromatic rings. The van der Waals surface area contributed by atoms with Crippen molar-refractivity contribution in [3.63, 3.8) is 0 Å². The molecule has 0 radical (unpaired) electrons. The zero-order chi connectivity index (χ0) is 49.7. The lowest BCUT2D eigenvalue weighted by molar-refractivity contribution is -0.346. The first kappa shape index (κ1) is 50.6. The van der Waals surface area contributed by atoms with Gasteiger partial charge in [-0.25, -0.2) is 14.4 Å². The Morgan fingerprint density at radius 1 is 0.926 bits per heavy atom. The molecular formula is C50H65N3O15. The van der Waals surface area contributed by atoms with Gasteiger partial charge in [0.05, 0.1) is 36.2 Å². The molecule has 68 heavy (non-hydrogen) atoms. The second-order valence-corrected chi connectivity index (χ2v) is 20.6. The minimum absolute atomic E-state index is 0.0692. The summed E-state index contributed by atoms with van der Waals surface area (Å²) in [6.45, 7) is 14.1. The molecule has 1 unspecified atom stereocenters. The maximum absolute atomic E-state index is 15.2. The van der Waals surface area contributed by atoms with Crippen LogP contribution in [0, 0.1) is 16.7 Å². The van der Waals surface area contributed by atoms with Crippen LogP contribution >= 0.6 is 0 Å². The number of benzene rings is 2. The fourth-order valence-electron chi connectivity index (χ4n) is 11.0. The minimum atomic E-state index is -2.41. The molecule has 4 fully saturated rings. The fourth-order valence-corrected chi connectivity index (χ4v) is 11.0. The molecule has 4 N–H and O–H groups in total. The highest BCUT2D eigenvalue weighted by Crippen LogP contribution is 2.64. The molecule has 2 heterocycles. The molecule has 3 aliphatic carbocycles. The predicted molar refractivity (Wildman–Crippen MR) is 241 cm³/mol. The summed E-state index contributed by atoms with van der Waals surface area (Å²) in [6, 6.07) is 14.8. The summed E-state index contributed by atoms with van der Waals surface area (Å²) in [5.41, 5.74) is -8.39. The zero-order valence-corrected chi connectivity index (χ0v) is 40.2. The summed E-state index contributed by atoms with van der Waals surface area (Å²) in [6.07, 6.45) is -11.6. The summed E-state index contributed by atoms with van der Waals surface area (Å²) in [7, 11) is 1.96. The van der Waals surface area contributed by atoms with E-state index in [1.54, 1.807) is 83.1 Å². The third-order valence-corrected chi connectivity index (χ3v) is 14.8. The third-order valence-electron chi connectivity index (χ3n) is 14.8. The van der Waals surface area contributed by atoms with Gasteiger partial charge in [-0.2, -0.15) is 0 Å². The van der Waals surface area contributed by atoms with Gasteiger partial charge in [0, 0.05) is 51.4 Å². The van der Waals surface area contributed by atoms with E-state index in [4.69, 9.17) is 28.4 Å². The Labute approximate surface area is 396 Å². The third kappa shape index (κ3) is 9.30. The maximum atomic E-state index is 15.2. The van der Waals surface area contributed by atoms with E-state index in [-0.39, 0.29) is 36.3 Å². The topological polar surface area (TPSA) is 237 Å². The number of nitrogens with zero attached hydrogens (tertiary/aromatic N) is 2. The highest BCUT2D eigenvalue weighted by atomic mass is 16.6. The quantitative estimate of drug-likeness (QED) is 0.144. The van der Waals surface area contributed by atoms with Crippen LogP contribution in [0.25, 0.3) is 0 Å². The zero-order valence-electron chi connectivity index (χ0n) is 40.2. The number of amides is 1. The van der Waals surface area contributed by atoms with Gasteiger partial charge in [0.15, 0.2) is 11.4 Å². The number of carbonyl (C=O) groups excluding carboxylic acids is 6. The molecule has 370 valence electrons. The van der Waals surface area contributed by atoms with E-state index in [1.807, 2.05) is 11.9 Å². The lowest BCUT2D eigenvalue weighted by Crippen LogP contribution is -2.81. The molecule has 7 rings (SSSR count). The van der Waals surface area contributed by atoms with Crippen molar-refractivity contribution in [3.8, 4) is 0 Å². The van der Waals surface area contributed by atoms with Crippen molar-refractivity contribution in [3.05, 3.63) is 82.9 Å². The van der Waals surface area contributed by atoms with Gasteiger partial charge in [0.25, 0.3) is 0 Å². The molecule has 1 amide bonds. The number of fused-ring (bicyclic) bond motifs is 5. The smallest absolute Gasteiger partial charge is 0.408 e. The van der Waals surface area contributed by atoms with E-state index in [0.717, 1.165) is 6.92 Å². The Hall–Kier alpha value is -5.24. The monoisotopic (exact) mass is 947 g/mol. The summed E-state index contributed by atoms with van der Waals surface area (Å²) in [5, 5.41) is 40.9. The van der Waals surface area contributed by atoms with Crippen molar-refractivity contribution < 1.29 is 72.5 Å². The number of hydrogen-bond acceptors (Lipinski definition) is 17. The number of hydrogen-bond donors (Lipinski definition) is 4. The molecule has 0 spiro atoms. The molecule has 2 saturated heterocycles. The van der Waals surface area contributed by atoms with E-state index in [9.17, 15) is 34.5 Å². The summed E-state index contributed by atoms with van der Waals surface area (Å²) in [5.74, 6) is -6.17. The first-order valence-corrected chi connectivity index (χ1v) is 23.1.